The van der Waals surface area contributed by atoms with Gasteiger partial charge in [-0.1, -0.05) is 23.7 Å². The average Bonchev–Trinajstić information content (AvgIpc) is 2.91. The Bertz CT molecular complexity index is 648. The van der Waals surface area contributed by atoms with Gasteiger partial charge in [-0.15, -0.1) is 0 Å². The molecule has 3 N–H and O–H groups in total. The van der Waals surface area contributed by atoms with Crippen LogP contribution in [0, 0.1) is 3.57 Å². The molecule has 0 fully saturated rings. The molecule has 0 aliphatic carbocycles. The normalized spacial score (nSPS) is 14.8. The van der Waals surface area contributed by atoms with E-state index in [0.29, 0.717) is 5.02 Å². The number of nitrogens with one attached hydrogen (secondary N) is 1. The predicted octanol–water partition coefficient (Wildman–Crippen LogP) is 3.43. The molecule has 0 amide bonds. The molecule has 20 heavy (non-hydrogen) atoms. The second-order valence-electron chi connectivity index (χ2n) is 4.73. The summed E-state index contributed by atoms with van der Waals surface area (Å²) in [4.78, 5) is 0. The largest absolute Gasteiger partial charge is 0.493 e. The molecule has 1 aliphatic rings. The first-order valence-corrected chi connectivity index (χ1v) is 7.81. The number of fused-ring (bicyclic) bond motifs is 1. The molecule has 1 heterocycles. The molecule has 3 nitrogen and oxygen atoms in total. The van der Waals surface area contributed by atoms with Gasteiger partial charge in [-0.05, 0) is 63.5 Å². The number of rotatable bonds is 3. The minimum atomic E-state index is -0.0773. The van der Waals surface area contributed by atoms with Crippen LogP contribution in [0.4, 0.5) is 0 Å². The Balaban J connectivity index is 2.03. The zero-order valence-corrected chi connectivity index (χ0v) is 13.6. The summed E-state index contributed by atoms with van der Waals surface area (Å²) >= 11 is 8.41. The fourth-order valence-corrected chi connectivity index (χ4v) is 3.31. The maximum atomic E-state index is 6.11. The fourth-order valence-electron chi connectivity index (χ4n) is 2.49. The van der Waals surface area contributed by atoms with E-state index in [2.05, 4.69) is 34.1 Å². The lowest BCUT2D eigenvalue weighted by molar-refractivity contribution is 0.357. The summed E-state index contributed by atoms with van der Waals surface area (Å²) in [5.74, 6) is 6.75. The first-order valence-electron chi connectivity index (χ1n) is 6.36. The summed E-state index contributed by atoms with van der Waals surface area (Å²) in [6, 6.07) is 12.0. The van der Waals surface area contributed by atoms with E-state index in [1.165, 1.54) is 5.56 Å². The minimum Gasteiger partial charge on any atom is -0.493 e. The maximum Gasteiger partial charge on any atom is 0.122 e. The van der Waals surface area contributed by atoms with Crippen molar-refractivity contribution in [2.45, 2.75) is 12.5 Å². The highest BCUT2D eigenvalue weighted by Gasteiger charge is 2.19. The van der Waals surface area contributed by atoms with Crippen LogP contribution in [0.3, 0.4) is 0 Å². The molecule has 0 saturated heterocycles. The molecule has 1 aliphatic heterocycles. The lowest BCUT2D eigenvalue weighted by atomic mass is 9.97. The average molecular weight is 401 g/mol. The Hall–Kier alpha value is -0.820. The van der Waals surface area contributed by atoms with Crippen molar-refractivity contribution in [3.63, 3.8) is 0 Å². The highest BCUT2D eigenvalue weighted by atomic mass is 127. The molecular weight excluding hydrogens is 387 g/mol. The Morgan fingerprint density at radius 1 is 1.25 bits per heavy atom. The number of benzene rings is 2. The summed E-state index contributed by atoms with van der Waals surface area (Å²) in [6.07, 6.45) is 0.951. The van der Waals surface area contributed by atoms with Crippen LogP contribution >= 0.6 is 34.2 Å². The van der Waals surface area contributed by atoms with E-state index >= 15 is 0 Å². The first-order chi connectivity index (χ1) is 9.69. The molecule has 5 heteroatoms. The van der Waals surface area contributed by atoms with E-state index in [1.54, 1.807) is 0 Å². The maximum absolute atomic E-state index is 6.11. The number of halogens is 2. The Morgan fingerprint density at radius 2 is 2.10 bits per heavy atom. The first kappa shape index (κ1) is 14.1. The second-order valence-corrected chi connectivity index (χ2v) is 6.33. The third kappa shape index (κ3) is 2.65. The zero-order chi connectivity index (χ0) is 14.1. The van der Waals surface area contributed by atoms with Gasteiger partial charge in [0.05, 0.1) is 12.6 Å². The summed E-state index contributed by atoms with van der Waals surface area (Å²) in [7, 11) is 0. The van der Waals surface area contributed by atoms with Gasteiger partial charge in [0.2, 0.25) is 0 Å². The predicted molar refractivity (Wildman–Crippen MR) is 89.0 cm³/mol. The van der Waals surface area contributed by atoms with Crippen LogP contribution in [0.15, 0.2) is 36.4 Å². The molecule has 2 aromatic rings. The van der Waals surface area contributed by atoms with Gasteiger partial charge >= 0.3 is 0 Å². The van der Waals surface area contributed by atoms with Crippen molar-refractivity contribution in [2.75, 3.05) is 6.61 Å². The molecule has 0 radical (unpaired) electrons. The summed E-state index contributed by atoms with van der Waals surface area (Å²) in [6.45, 7) is 0.758. The molecule has 0 bridgehead atoms. The van der Waals surface area contributed by atoms with Crippen LogP contribution in [0.5, 0.6) is 5.75 Å². The second kappa shape index (κ2) is 5.89. The summed E-state index contributed by atoms with van der Waals surface area (Å²) < 4.78 is 6.67. The monoisotopic (exact) mass is 400 g/mol. The van der Waals surface area contributed by atoms with Crippen molar-refractivity contribution in [3.8, 4) is 5.75 Å². The van der Waals surface area contributed by atoms with Crippen LogP contribution in [0.25, 0.3) is 0 Å². The quantitative estimate of drug-likeness (QED) is 0.471. The van der Waals surface area contributed by atoms with Crippen LogP contribution in [-0.2, 0) is 6.42 Å². The van der Waals surface area contributed by atoms with E-state index in [0.717, 1.165) is 33.5 Å². The van der Waals surface area contributed by atoms with Crippen LogP contribution in [-0.4, -0.2) is 6.61 Å². The number of hydrogen-bond donors (Lipinski definition) is 2. The molecule has 0 saturated carbocycles. The highest BCUT2D eigenvalue weighted by Crippen LogP contribution is 2.32. The Morgan fingerprint density at radius 3 is 2.90 bits per heavy atom. The third-order valence-corrected chi connectivity index (χ3v) is 4.70. The van der Waals surface area contributed by atoms with Gasteiger partial charge in [0.25, 0.3) is 0 Å². The van der Waals surface area contributed by atoms with Gasteiger partial charge in [0.15, 0.2) is 0 Å². The van der Waals surface area contributed by atoms with E-state index in [9.17, 15) is 0 Å². The Labute approximate surface area is 136 Å². The lowest BCUT2D eigenvalue weighted by Crippen LogP contribution is -2.29. The molecular formula is C15H14ClIN2O. The topological polar surface area (TPSA) is 47.3 Å². The van der Waals surface area contributed by atoms with Crippen molar-refractivity contribution >= 4 is 34.2 Å². The molecule has 104 valence electrons. The molecule has 1 unspecified atom stereocenters. The summed E-state index contributed by atoms with van der Waals surface area (Å²) in [5.41, 5.74) is 6.33. The SMILES string of the molecule is NNC(c1ccc2c(c1)CCO2)c1cc(Cl)ccc1I. The third-order valence-electron chi connectivity index (χ3n) is 3.48. The van der Waals surface area contributed by atoms with Gasteiger partial charge in [0.1, 0.15) is 5.75 Å². The van der Waals surface area contributed by atoms with E-state index in [1.807, 2.05) is 30.3 Å². The van der Waals surface area contributed by atoms with E-state index < -0.39 is 0 Å². The lowest BCUT2D eigenvalue weighted by Gasteiger charge is -2.19. The number of nitrogens with two attached hydrogens (primary N) is 1. The molecule has 2 aromatic carbocycles. The van der Waals surface area contributed by atoms with Crippen LogP contribution in [0.2, 0.25) is 5.02 Å². The van der Waals surface area contributed by atoms with Crippen molar-refractivity contribution < 1.29 is 4.74 Å². The molecule has 0 spiro atoms. The summed E-state index contributed by atoms with van der Waals surface area (Å²) in [5, 5.41) is 0.713. The van der Waals surface area contributed by atoms with Crippen molar-refractivity contribution in [3.05, 3.63) is 61.7 Å². The van der Waals surface area contributed by atoms with Gasteiger partial charge in [-0.25, -0.2) is 5.43 Å². The van der Waals surface area contributed by atoms with Crippen molar-refractivity contribution in [1.29, 1.82) is 0 Å². The van der Waals surface area contributed by atoms with E-state index in [4.69, 9.17) is 22.2 Å². The van der Waals surface area contributed by atoms with Gasteiger partial charge in [-0.3, -0.25) is 5.84 Å². The van der Waals surface area contributed by atoms with Crippen molar-refractivity contribution in [1.82, 2.24) is 5.43 Å². The number of ether oxygens (including phenoxy) is 1. The zero-order valence-electron chi connectivity index (χ0n) is 10.7. The number of hydrazine groups is 1. The molecule has 1 atom stereocenters. The van der Waals surface area contributed by atoms with Gasteiger partial charge in [0, 0.05) is 15.0 Å². The van der Waals surface area contributed by atoms with Crippen molar-refractivity contribution in [2.24, 2.45) is 5.84 Å². The molecule has 0 aromatic heterocycles. The van der Waals surface area contributed by atoms with Gasteiger partial charge in [-0.2, -0.15) is 0 Å². The Kier molecular flexibility index (Phi) is 4.16. The van der Waals surface area contributed by atoms with E-state index in [-0.39, 0.29) is 6.04 Å². The smallest absolute Gasteiger partial charge is 0.122 e. The number of hydrogen-bond acceptors (Lipinski definition) is 3. The van der Waals surface area contributed by atoms with Crippen LogP contribution < -0.4 is 16.0 Å². The van der Waals surface area contributed by atoms with Gasteiger partial charge < -0.3 is 4.74 Å². The standard InChI is InChI=1S/C15H14ClIN2O/c16-11-2-3-13(17)12(8-11)15(19-18)10-1-4-14-9(7-10)5-6-20-14/h1-4,7-8,15,19H,5-6,18H2. The highest BCUT2D eigenvalue weighted by molar-refractivity contribution is 14.1. The minimum absolute atomic E-state index is 0.0773. The molecule has 3 rings (SSSR count). The van der Waals surface area contributed by atoms with Crippen LogP contribution in [0.1, 0.15) is 22.7 Å². The fraction of sp³-hybridized carbons (Fsp3) is 0.200.